The quantitative estimate of drug-likeness (QED) is 0.420. The van der Waals surface area contributed by atoms with Crippen molar-refractivity contribution in [1.29, 1.82) is 0 Å². The van der Waals surface area contributed by atoms with Crippen LogP contribution in [0.4, 0.5) is 0 Å². The summed E-state index contributed by atoms with van der Waals surface area (Å²) in [7, 11) is 0. The molecule has 0 saturated carbocycles. The molecule has 3 nitrogen and oxygen atoms in total. The summed E-state index contributed by atoms with van der Waals surface area (Å²) in [5.41, 5.74) is 1.09. The Morgan fingerprint density at radius 2 is 1.45 bits per heavy atom. The Hall–Kier alpha value is -1.90. The normalized spacial score (nSPS) is 9.55. The van der Waals surface area contributed by atoms with Gasteiger partial charge in [-0.1, -0.05) is 42.5 Å². The number of rotatable bonds is 2. The van der Waals surface area contributed by atoms with E-state index < -0.39 is 0 Å². The van der Waals surface area contributed by atoms with Gasteiger partial charge in [0.2, 0.25) is 0 Å². The van der Waals surface area contributed by atoms with Gasteiger partial charge in [0.05, 0.1) is 11.9 Å². The average Bonchev–Trinajstić information content (AvgIpc) is 2.46. The first-order valence-electron chi connectivity index (χ1n) is 6.79. The molecule has 1 radical (unpaired) electrons. The predicted octanol–water partition coefficient (Wildman–Crippen LogP) is 3.94. The standard InChI is InChI=1S/C13H9N.C5H8O2.Ir/c1-2-6-12-10(4-1)7-8-11-5-3-9-14-13(11)12;1-4(6)3-5(2)7;/h1-9H;3H2,1-2H3;. The van der Waals surface area contributed by atoms with E-state index in [-0.39, 0.29) is 38.1 Å². The van der Waals surface area contributed by atoms with Crippen LogP contribution in [0, 0.1) is 0 Å². The van der Waals surface area contributed by atoms with Crippen LogP contribution >= 0.6 is 0 Å². The Labute approximate surface area is 143 Å². The van der Waals surface area contributed by atoms with E-state index in [1.54, 1.807) is 0 Å². The Balaban J connectivity index is 0.000000264. The fourth-order valence-corrected chi connectivity index (χ4v) is 2.17. The number of pyridine rings is 1. The maximum Gasteiger partial charge on any atom is 0.137 e. The molecule has 2 aromatic carbocycles. The van der Waals surface area contributed by atoms with E-state index in [1.807, 2.05) is 12.3 Å². The van der Waals surface area contributed by atoms with Crippen LogP contribution in [0.15, 0.2) is 54.7 Å². The second-order valence-electron chi connectivity index (χ2n) is 4.94. The van der Waals surface area contributed by atoms with Crippen LogP contribution in [0.25, 0.3) is 21.7 Å². The molecule has 0 saturated heterocycles. The molecule has 0 amide bonds. The average molecular weight is 472 g/mol. The molecule has 4 heteroatoms. The maximum atomic E-state index is 10.0. The number of benzene rings is 2. The van der Waals surface area contributed by atoms with Crippen molar-refractivity contribution in [1.82, 2.24) is 4.98 Å². The number of ketones is 2. The Bertz CT molecular complexity index is 732. The smallest absolute Gasteiger partial charge is 0.137 e. The number of carbonyl (C=O) groups is 2. The predicted molar refractivity (Wildman–Crippen MR) is 85.2 cm³/mol. The van der Waals surface area contributed by atoms with Crippen molar-refractivity contribution in [3.05, 3.63) is 54.7 Å². The van der Waals surface area contributed by atoms with Crippen molar-refractivity contribution in [3.8, 4) is 0 Å². The fourth-order valence-electron chi connectivity index (χ4n) is 2.17. The second-order valence-corrected chi connectivity index (χ2v) is 4.94. The van der Waals surface area contributed by atoms with Gasteiger partial charge in [-0.2, -0.15) is 0 Å². The van der Waals surface area contributed by atoms with E-state index in [1.165, 1.54) is 30.0 Å². The number of carbonyl (C=O) groups excluding carboxylic acids is 2. The molecule has 3 rings (SSSR count). The molecule has 1 heterocycles. The van der Waals surface area contributed by atoms with Gasteiger partial charge in [0.25, 0.3) is 0 Å². The molecule has 0 bridgehead atoms. The van der Waals surface area contributed by atoms with Crippen LogP contribution < -0.4 is 0 Å². The fraction of sp³-hybridized carbons (Fsp3) is 0.167. The molecule has 0 unspecified atom stereocenters. The third kappa shape index (κ3) is 4.83. The summed E-state index contributed by atoms with van der Waals surface area (Å²) in [6, 6.07) is 16.7. The summed E-state index contributed by atoms with van der Waals surface area (Å²) in [4.78, 5) is 24.5. The Kier molecular flexibility index (Phi) is 7.03. The number of hydrogen-bond acceptors (Lipinski definition) is 3. The third-order valence-corrected chi connectivity index (χ3v) is 3.00. The van der Waals surface area contributed by atoms with E-state index in [4.69, 9.17) is 0 Å². The maximum absolute atomic E-state index is 10.0. The summed E-state index contributed by atoms with van der Waals surface area (Å²) in [6.07, 6.45) is 1.93. The molecule has 0 N–H and O–H groups in total. The zero-order chi connectivity index (χ0) is 15.2. The molecule has 22 heavy (non-hydrogen) atoms. The van der Waals surface area contributed by atoms with Gasteiger partial charge in [0, 0.05) is 37.1 Å². The number of aromatic nitrogens is 1. The van der Waals surface area contributed by atoms with Crippen LogP contribution in [0.2, 0.25) is 0 Å². The Morgan fingerprint density at radius 1 is 0.864 bits per heavy atom. The zero-order valence-electron chi connectivity index (χ0n) is 12.5. The molecule has 0 fully saturated rings. The van der Waals surface area contributed by atoms with Crippen molar-refractivity contribution in [2.24, 2.45) is 0 Å². The first-order valence-corrected chi connectivity index (χ1v) is 6.79. The van der Waals surface area contributed by atoms with Crippen molar-refractivity contribution in [2.45, 2.75) is 20.3 Å². The summed E-state index contributed by atoms with van der Waals surface area (Å²) in [5.74, 6) is -0.125. The van der Waals surface area contributed by atoms with Gasteiger partial charge in [-0.15, -0.1) is 0 Å². The van der Waals surface area contributed by atoms with Gasteiger partial charge in [-0.3, -0.25) is 14.6 Å². The van der Waals surface area contributed by atoms with Crippen molar-refractivity contribution in [2.75, 3.05) is 0 Å². The minimum absolute atomic E-state index is 0. The van der Waals surface area contributed by atoms with E-state index in [9.17, 15) is 9.59 Å². The summed E-state index contributed by atoms with van der Waals surface area (Å²) < 4.78 is 0. The van der Waals surface area contributed by atoms with Gasteiger partial charge < -0.3 is 0 Å². The van der Waals surface area contributed by atoms with Gasteiger partial charge in [-0.05, 0) is 25.3 Å². The van der Waals surface area contributed by atoms with Crippen LogP contribution in [-0.4, -0.2) is 16.6 Å². The molecule has 0 atom stereocenters. The topological polar surface area (TPSA) is 47.0 Å². The number of fused-ring (bicyclic) bond motifs is 3. The van der Waals surface area contributed by atoms with E-state index in [0.717, 1.165) is 5.52 Å². The first-order chi connectivity index (χ1) is 10.1. The number of nitrogens with zero attached hydrogens (tertiary/aromatic N) is 1. The largest absolute Gasteiger partial charge is 0.300 e. The molecule has 1 aromatic heterocycles. The molecule has 115 valence electrons. The molecule has 0 aliphatic rings. The van der Waals surface area contributed by atoms with Crippen LogP contribution in [-0.2, 0) is 29.7 Å². The number of hydrogen-bond donors (Lipinski definition) is 0. The van der Waals surface area contributed by atoms with Crippen molar-refractivity contribution >= 4 is 33.2 Å². The summed E-state index contributed by atoms with van der Waals surface area (Å²) in [5, 5.41) is 3.68. The van der Waals surface area contributed by atoms with E-state index in [2.05, 4.69) is 47.4 Å². The van der Waals surface area contributed by atoms with Crippen molar-refractivity contribution in [3.63, 3.8) is 0 Å². The number of Topliss-reactive ketones (excluding diaryl/α,β-unsaturated/α-hetero) is 2. The van der Waals surface area contributed by atoms with E-state index >= 15 is 0 Å². The molecule has 0 spiro atoms. The Morgan fingerprint density at radius 3 is 2.09 bits per heavy atom. The molecule has 3 aromatic rings. The second kappa shape index (κ2) is 8.52. The third-order valence-electron chi connectivity index (χ3n) is 3.00. The van der Waals surface area contributed by atoms with E-state index in [0.29, 0.717) is 0 Å². The SMILES string of the molecule is CC(=O)CC(C)=O.[Ir].c1ccc2c(c1)ccc1cccnc12. The van der Waals surface area contributed by atoms with Gasteiger partial charge in [-0.25, -0.2) is 0 Å². The van der Waals surface area contributed by atoms with Crippen LogP contribution in [0.1, 0.15) is 20.3 Å². The zero-order valence-corrected chi connectivity index (χ0v) is 14.9. The monoisotopic (exact) mass is 472 g/mol. The molecule has 0 aliphatic heterocycles. The summed E-state index contributed by atoms with van der Waals surface area (Å²) >= 11 is 0. The molecular weight excluding hydrogens is 454 g/mol. The molecule has 0 aliphatic carbocycles. The van der Waals surface area contributed by atoms with Gasteiger partial charge in [0.15, 0.2) is 0 Å². The first kappa shape index (κ1) is 18.1. The van der Waals surface area contributed by atoms with Crippen LogP contribution in [0.5, 0.6) is 0 Å². The minimum Gasteiger partial charge on any atom is -0.300 e. The van der Waals surface area contributed by atoms with Gasteiger partial charge >= 0.3 is 0 Å². The van der Waals surface area contributed by atoms with Crippen molar-refractivity contribution < 1.29 is 29.7 Å². The van der Waals surface area contributed by atoms with Crippen LogP contribution in [0.3, 0.4) is 0 Å². The van der Waals surface area contributed by atoms with Gasteiger partial charge in [0.1, 0.15) is 11.6 Å². The molecular formula is C18H17IrNO2. The minimum atomic E-state index is -0.0625. The summed E-state index contributed by atoms with van der Waals surface area (Å²) in [6.45, 7) is 2.81.